The molecule has 1 aromatic carbocycles. The predicted octanol–water partition coefficient (Wildman–Crippen LogP) is 3.17. The summed E-state index contributed by atoms with van der Waals surface area (Å²) in [6, 6.07) is 7.24. The monoisotopic (exact) mass is 339 g/mol. The lowest BCUT2D eigenvalue weighted by Crippen LogP contribution is -2.49. The normalized spacial score (nSPS) is 22.6. The third-order valence-electron chi connectivity index (χ3n) is 4.10. The molecule has 1 aliphatic heterocycles. The van der Waals surface area contributed by atoms with Crippen LogP contribution in [0, 0.1) is 5.41 Å². The van der Waals surface area contributed by atoms with E-state index in [4.69, 9.17) is 0 Å². The Morgan fingerprint density at radius 3 is 2.70 bits per heavy atom. The molecule has 1 fully saturated rings. The van der Waals surface area contributed by atoms with Crippen LogP contribution in [-0.2, 0) is 4.79 Å². The largest absolute Gasteiger partial charge is 0.481 e. The summed E-state index contributed by atoms with van der Waals surface area (Å²) in [4.78, 5) is 25.7. The van der Waals surface area contributed by atoms with Gasteiger partial charge in [-0.2, -0.15) is 0 Å². The standard InChI is InChI=1S/C15H18BrNO3/c1-2-15(14(19)20)8-5-9-17(10-15)13(18)11-6-3-4-7-12(11)16/h3-4,6-7H,2,5,8-10H2,1H3,(H,19,20). The highest BCUT2D eigenvalue weighted by Crippen LogP contribution is 2.34. The van der Waals surface area contributed by atoms with Crippen molar-refractivity contribution in [3.63, 3.8) is 0 Å². The lowest BCUT2D eigenvalue weighted by molar-refractivity contribution is -0.152. The summed E-state index contributed by atoms with van der Waals surface area (Å²) in [7, 11) is 0. The Balaban J connectivity index is 2.23. The maximum absolute atomic E-state index is 12.5. The third-order valence-corrected chi connectivity index (χ3v) is 4.79. The molecule has 0 aromatic heterocycles. The van der Waals surface area contributed by atoms with E-state index in [2.05, 4.69) is 15.9 Å². The van der Waals surface area contributed by atoms with Crippen molar-refractivity contribution < 1.29 is 14.7 Å². The number of piperidine rings is 1. The number of hydrogen-bond acceptors (Lipinski definition) is 2. The van der Waals surface area contributed by atoms with Crippen molar-refractivity contribution >= 4 is 27.8 Å². The van der Waals surface area contributed by atoms with Crippen LogP contribution in [0.25, 0.3) is 0 Å². The van der Waals surface area contributed by atoms with Crippen molar-refractivity contribution in [1.82, 2.24) is 4.90 Å². The summed E-state index contributed by atoms with van der Waals surface area (Å²) in [6.07, 6.45) is 1.91. The minimum Gasteiger partial charge on any atom is -0.481 e. The average Bonchev–Trinajstić information content (AvgIpc) is 2.47. The van der Waals surface area contributed by atoms with Crippen molar-refractivity contribution in [2.45, 2.75) is 26.2 Å². The van der Waals surface area contributed by atoms with E-state index >= 15 is 0 Å². The first-order chi connectivity index (χ1) is 9.50. The molecule has 0 aliphatic carbocycles. The smallest absolute Gasteiger partial charge is 0.311 e. The molecular weight excluding hydrogens is 322 g/mol. The number of rotatable bonds is 3. The summed E-state index contributed by atoms with van der Waals surface area (Å²) in [5.41, 5.74) is -0.209. The highest BCUT2D eigenvalue weighted by Gasteiger charge is 2.42. The molecule has 2 rings (SSSR count). The second kappa shape index (κ2) is 5.95. The van der Waals surface area contributed by atoms with Crippen LogP contribution in [0.3, 0.4) is 0 Å². The number of carboxylic acid groups (broad SMARTS) is 1. The number of likely N-dealkylation sites (tertiary alicyclic amines) is 1. The first-order valence-corrected chi connectivity index (χ1v) is 7.57. The topological polar surface area (TPSA) is 57.6 Å². The molecule has 0 spiro atoms. The van der Waals surface area contributed by atoms with E-state index in [0.29, 0.717) is 31.5 Å². The quantitative estimate of drug-likeness (QED) is 0.920. The van der Waals surface area contributed by atoms with Gasteiger partial charge in [-0.1, -0.05) is 19.1 Å². The number of hydrogen-bond donors (Lipinski definition) is 1. The molecule has 0 radical (unpaired) electrons. The van der Waals surface area contributed by atoms with E-state index in [9.17, 15) is 14.7 Å². The minimum absolute atomic E-state index is 0.101. The zero-order valence-electron chi connectivity index (χ0n) is 11.4. The number of carboxylic acids is 1. The fourth-order valence-electron chi connectivity index (χ4n) is 2.72. The van der Waals surface area contributed by atoms with E-state index < -0.39 is 11.4 Å². The number of halogens is 1. The highest BCUT2D eigenvalue weighted by atomic mass is 79.9. The highest BCUT2D eigenvalue weighted by molar-refractivity contribution is 9.10. The molecule has 108 valence electrons. The molecule has 1 amide bonds. The zero-order chi connectivity index (χ0) is 14.8. The van der Waals surface area contributed by atoms with Crippen LogP contribution in [0.2, 0.25) is 0 Å². The van der Waals surface area contributed by atoms with Crippen molar-refractivity contribution in [2.75, 3.05) is 13.1 Å². The Hall–Kier alpha value is -1.36. The third kappa shape index (κ3) is 2.73. The zero-order valence-corrected chi connectivity index (χ0v) is 13.0. The predicted molar refractivity (Wildman–Crippen MR) is 79.6 cm³/mol. The number of carbonyl (C=O) groups is 2. The van der Waals surface area contributed by atoms with Gasteiger partial charge in [0.15, 0.2) is 0 Å². The molecule has 1 atom stereocenters. The summed E-state index contributed by atoms with van der Waals surface area (Å²) in [5.74, 6) is -0.902. The van der Waals surface area contributed by atoms with Gasteiger partial charge in [-0.3, -0.25) is 9.59 Å². The fraction of sp³-hybridized carbons (Fsp3) is 0.467. The molecule has 1 heterocycles. The Kier molecular flexibility index (Phi) is 4.48. The molecule has 5 heteroatoms. The maximum atomic E-state index is 12.5. The van der Waals surface area contributed by atoms with Crippen LogP contribution in [0.1, 0.15) is 36.5 Å². The summed E-state index contributed by atoms with van der Waals surface area (Å²) < 4.78 is 0.744. The average molecular weight is 340 g/mol. The van der Waals surface area contributed by atoms with E-state index in [1.807, 2.05) is 25.1 Å². The molecule has 0 saturated carbocycles. The molecule has 1 saturated heterocycles. The Bertz CT molecular complexity index is 532. The van der Waals surface area contributed by atoms with E-state index in [0.717, 1.165) is 10.9 Å². The molecule has 0 bridgehead atoms. The summed E-state index contributed by atoms with van der Waals surface area (Å²) in [6.45, 7) is 2.79. The van der Waals surface area contributed by atoms with Crippen molar-refractivity contribution in [3.05, 3.63) is 34.3 Å². The van der Waals surface area contributed by atoms with Crippen molar-refractivity contribution in [1.29, 1.82) is 0 Å². The second-order valence-electron chi connectivity index (χ2n) is 5.25. The van der Waals surface area contributed by atoms with E-state index in [1.165, 1.54) is 0 Å². The first-order valence-electron chi connectivity index (χ1n) is 6.77. The Labute approximate surface area is 126 Å². The van der Waals surface area contributed by atoms with Gasteiger partial charge in [0.1, 0.15) is 0 Å². The molecule has 1 aliphatic rings. The van der Waals surface area contributed by atoms with Gasteiger partial charge in [0.05, 0.1) is 11.0 Å². The number of nitrogens with zero attached hydrogens (tertiary/aromatic N) is 1. The lowest BCUT2D eigenvalue weighted by atomic mass is 9.77. The van der Waals surface area contributed by atoms with Crippen molar-refractivity contribution in [2.24, 2.45) is 5.41 Å². The number of benzene rings is 1. The van der Waals surface area contributed by atoms with Gasteiger partial charge in [0.2, 0.25) is 0 Å². The first kappa shape index (κ1) is 15.0. The Morgan fingerprint density at radius 1 is 1.40 bits per heavy atom. The van der Waals surface area contributed by atoms with Crippen LogP contribution in [0.4, 0.5) is 0 Å². The SMILES string of the molecule is CCC1(C(=O)O)CCCN(C(=O)c2ccccc2Br)C1. The summed E-state index contributed by atoms with van der Waals surface area (Å²) >= 11 is 3.37. The van der Waals surface area contributed by atoms with E-state index in [-0.39, 0.29) is 5.91 Å². The fourth-order valence-corrected chi connectivity index (χ4v) is 3.18. The van der Waals surface area contributed by atoms with Crippen LogP contribution >= 0.6 is 15.9 Å². The maximum Gasteiger partial charge on any atom is 0.311 e. The molecule has 4 nitrogen and oxygen atoms in total. The van der Waals surface area contributed by atoms with Gasteiger partial charge in [-0.05, 0) is 47.3 Å². The number of amides is 1. The van der Waals surface area contributed by atoms with Gasteiger partial charge >= 0.3 is 5.97 Å². The van der Waals surface area contributed by atoms with Gasteiger partial charge in [-0.25, -0.2) is 0 Å². The van der Waals surface area contributed by atoms with Gasteiger partial charge < -0.3 is 10.0 Å². The number of carbonyl (C=O) groups excluding carboxylic acids is 1. The molecular formula is C15H18BrNO3. The van der Waals surface area contributed by atoms with Gasteiger partial charge in [-0.15, -0.1) is 0 Å². The molecule has 20 heavy (non-hydrogen) atoms. The molecule has 1 N–H and O–H groups in total. The summed E-state index contributed by atoms with van der Waals surface area (Å²) in [5, 5.41) is 9.47. The molecule has 1 unspecified atom stereocenters. The minimum atomic E-state index is -0.801. The van der Waals surface area contributed by atoms with Crippen LogP contribution in [-0.4, -0.2) is 35.0 Å². The Morgan fingerprint density at radius 2 is 2.10 bits per heavy atom. The lowest BCUT2D eigenvalue weighted by Gasteiger charge is -2.39. The van der Waals surface area contributed by atoms with Crippen LogP contribution < -0.4 is 0 Å². The van der Waals surface area contributed by atoms with Crippen LogP contribution in [0.5, 0.6) is 0 Å². The van der Waals surface area contributed by atoms with Crippen molar-refractivity contribution in [3.8, 4) is 0 Å². The number of aliphatic carboxylic acids is 1. The van der Waals surface area contributed by atoms with Crippen LogP contribution in [0.15, 0.2) is 28.7 Å². The molecule has 1 aromatic rings. The van der Waals surface area contributed by atoms with E-state index in [1.54, 1.807) is 11.0 Å². The van der Waals surface area contributed by atoms with Gasteiger partial charge in [0, 0.05) is 17.6 Å². The second-order valence-corrected chi connectivity index (χ2v) is 6.10. The van der Waals surface area contributed by atoms with Gasteiger partial charge in [0.25, 0.3) is 5.91 Å².